The number of carboxylic acid groups (broad SMARTS) is 1. The molecule has 0 aromatic heterocycles. The van der Waals surface area contributed by atoms with E-state index < -0.39 is 19.6 Å². The molecule has 1 atom stereocenters. The Morgan fingerprint density at radius 2 is 2.12 bits per heavy atom. The summed E-state index contributed by atoms with van der Waals surface area (Å²) in [6.07, 6.45) is 0.241. The van der Waals surface area contributed by atoms with Gasteiger partial charge in [-0.05, 0) is 13.0 Å². The first kappa shape index (κ1) is 16.8. The summed E-state index contributed by atoms with van der Waals surface area (Å²) in [7, 11) is -3.93. The molecule has 4 N–H and O–H groups in total. The van der Waals surface area contributed by atoms with E-state index in [0.29, 0.717) is 32.6 Å². The van der Waals surface area contributed by atoms with Gasteiger partial charge in [0.15, 0.2) is 0 Å². The third-order valence-corrected chi connectivity index (χ3v) is 3.38. The first-order valence-electron chi connectivity index (χ1n) is 5.11. The van der Waals surface area contributed by atoms with E-state index in [4.69, 9.17) is 14.9 Å². The molecule has 0 radical (unpaired) electrons. The van der Waals surface area contributed by atoms with Crippen molar-refractivity contribution in [2.24, 2.45) is 0 Å². The molecule has 1 saturated heterocycles. The number of nitrogens with one attached hydrogen (secondary N) is 1. The number of hydrogen-bond donors (Lipinski definition) is 4. The van der Waals surface area contributed by atoms with Gasteiger partial charge < -0.3 is 20.2 Å². The Labute approximate surface area is 106 Å². The molecule has 0 amide bonds. The molecule has 1 rings (SSSR count). The van der Waals surface area contributed by atoms with Crippen LogP contribution < -0.4 is 5.32 Å². The summed E-state index contributed by atoms with van der Waals surface area (Å²) in [5.74, 6) is -0.889. The van der Waals surface area contributed by atoms with Gasteiger partial charge in [-0.25, -0.2) is 0 Å². The average molecular weight is 289 g/mol. The van der Waals surface area contributed by atoms with Crippen molar-refractivity contribution in [3.63, 3.8) is 0 Å². The van der Waals surface area contributed by atoms with Crippen LogP contribution in [0.25, 0.3) is 0 Å². The summed E-state index contributed by atoms with van der Waals surface area (Å²) in [6.45, 7) is 2.21. The Morgan fingerprint density at radius 1 is 1.47 bits per heavy atom. The van der Waals surface area contributed by atoms with Crippen LogP contribution in [0.4, 0.5) is 0 Å². The lowest BCUT2D eigenvalue weighted by molar-refractivity contribution is -0.140. The molecule has 0 bridgehead atoms. The van der Waals surface area contributed by atoms with Crippen LogP contribution in [0.2, 0.25) is 0 Å². The van der Waals surface area contributed by atoms with Gasteiger partial charge in [-0.1, -0.05) is 0 Å². The van der Waals surface area contributed by atoms with Crippen molar-refractivity contribution in [1.82, 2.24) is 10.2 Å². The molecule has 1 fully saturated rings. The van der Waals surface area contributed by atoms with E-state index in [1.807, 2.05) is 4.90 Å². The highest BCUT2D eigenvalue weighted by Gasteiger charge is 2.24. The zero-order valence-electron chi connectivity index (χ0n) is 9.28. The van der Waals surface area contributed by atoms with Crippen LogP contribution in [0, 0.1) is 0 Å². The van der Waals surface area contributed by atoms with Gasteiger partial charge in [-0.2, -0.15) is 0 Å². The molecule has 1 aliphatic rings. The number of hydrogen-bond acceptors (Lipinski definition) is 4. The highest BCUT2D eigenvalue weighted by Crippen LogP contribution is 2.34. The maximum Gasteiger partial charge on any atom is 0.325 e. The van der Waals surface area contributed by atoms with Crippen LogP contribution in [-0.2, 0) is 9.36 Å². The standard InChI is InChI=1S/C8H17N2O5P.ClH/c11-8(12)7-6-10(4-2-9-7)3-1-5-16(13,14)15;/h7,9H,1-6H2,(H,11,12)(H2,13,14,15);1H. The number of halogens is 1. The molecule has 1 heterocycles. The lowest BCUT2D eigenvalue weighted by Crippen LogP contribution is -2.54. The van der Waals surface area contributed by atoms with Gasteiger partial charge in [-0.3, -0.25) is 14.3 Å². The summed E-state index contributed by atoms with van der Waals surface area (Å²) in [4.78, 5) is 30.0. The quantitative estimate of drug-likeness (QED) is 0.497. The minimum absolute atomic E-state index is 0. The molecule has 9 heteroatoms. The number of nitrogens with zero attached hydrogens (tertiary/aromatic N) is 1. The Morgan fingerprint density at radius 3 is 2.65 bits per heavy atom. The van der Waals surface area contributed by atoms with Gasteiger partial charge in [0.25, 0.3) is 0 Å². The summed E-state index contributed by atoms with van der Waals surface area (Å²) >= 11 is 0. The first-order chi connectivity index (χ1) is 7.38. The van der Waals surface area contributed by atoms with Crippen LogP contribution in [0.1, 0.15) is 6.42 Å². The molecular weight excluding hydrogens is 271 g/mol. The van der Waals surface area contributed by atoms with Crippen molar-refractivity contribution in [2.75, 3.05) is 32.3 Å². The maximum atomic E-state index is 10.7. The van der Waals surface area contributed by atoms with Gasteiger partial charge in [0.2, 0.25) is 0 Å². The zero-order valence-corrected chi connectivity index (χ0v) is 11.0. The summed E-state index contributed by atoms with van der Waals surface area (Å²) < 4.78 is 10.6. The number of carbonyl (C=O) groups is 1. The van der Waals surface area contributed by atoms with Crippen LogP contribution in [0.3, 0.4) is 0 Å². The predicted molar refractivity (Wildman–Crippen MR) is 64.6 cm³/mol. The lowest BCUT2D eigenvalue weighted by atomic mass is 10.2. The van der Waals surface area contributed by atoms with Crippen LogP contribution in [0.15, 0.2) is 0 Å². The number of rotatable bonds is 5. The highest BCUT2D eigenvalue weighted by molar-refractivity contribution is 7.51. The third kappa shape index (κ3) is 6.98. The van der Waals surface area contributed by atoms with E-state index >= 15 is 0 Å². The summed E-state index contributed by atoms with van der Waals surface area (Å²) in [5, 5.41) is 11.7. The van der Waals surface area contributed by atoms with Crippen molar-refractivity contribution < 1.29 is 24.3 Å². The summed E-state index contributed by atoms with van der Waals surface area (Å²) in [6, 6.07) is -0.580. The fraction of sp³-hybridized carbons (Fsp3) is 0.875. The van der Waals surface area contributed by atoms with Gasteiger partial charge in [0, 0.05) is 19.6 Å². The smallest absolute Gasteiger partial charge is 0.325 e. The number of carboxylic acids is 1. The normalized spacial score (nSPS) is 21.9. The first-order valence-corrected chi connectivity index (χ1v) is 6.91. The van der Waals surface area contributed by atoms with Gasteiger partial charge >= 0.3 is 13.6 Å². The molecule has 1 aliphatic heterocycles. The lowest BCUT2D eigenvalue weighted by Gasteiger charge is -2.31. The van der Waals surface area contributed by atoms with Crippen molar-refractivity contribution in [1.29, 1.82) is 0 Å². The topological polar surface area (TPSA) is 110 Å². The van der Waals surface area contributed by atoms with E-state index in [0.717, 1.165) is 0 Å². The molecule has 0 aromatic carbocycles. The van der Waals surface area contributed by atoms with Crippen LogP contribution in [-0.4, -0.2) is 64.1 Å². The highest BCUT2D eigenvalue weighted by atomic mass is 35.5. The van der Waals surface area contributed by atoms with Crippen molar-refractivity contribution in [2.45, 2.75) is 12.5 Å². The Bertz CT molecular complexity index is 298. The van der Waals surface area contributed by atoms with Crippen molar-refractivity contribution >= 4 is 26.0 Å². The van der Waals surface area contributed by atoms with Crippen LogP contribution >= 0.6 is 20.0 Å². The fourth-order valence-corrected chi connectivity index (χ4v) is 2.23. The molecule has 0 saturated carbocycles. The molecule has 0 aliphatic carbocycles. The van der Waals surface area contributed by atoms with Gasteiger partial charge in [0.1, 0.15) is 6.04 Å². The Hall–Kier alpha value is -0.170. The molecule has 102 valence electrons. The zero-order chi connectivity index (χ0) is 12.2. The minimum Gasteiger partial charge on any atom is -0.480 e. The predicted octanol–water partition coefficient (Wildman–Crippen LogP) is -0.666. The molecule has 0 aromatic rings. The maximum absolute atomic E-state index is 10.7. The Kier molecular flexibility index (Phi) is 7.23. The second-order valence-corrected chi connectivity index (χ2v) is 5.66. The van der Waals surface area contributed by atoms with Crippen molar-refractivity contribution in [3.8, 4) is 0 Å². The largest absolute Gasteiger partial charge is 0.480 e. The molecule has 7 nitrogen and oxygen atoms in total. The van der Waals surface area contributed by atoms with Gasteiger partial charge in [0.05, 0.1) is 6.16 Å². The van der Waals surface area contributed by atoms with E-state index in [1.165, 1.54) is 0 Å². The SMILES string of the molecule is Cl.O=C(O)C1CN(CCCP(=O)(O)O)CCN1. The third-order valence-electron chi connectivity index (χ3n) is 2.48. The Balaban J connectivity index is 0.00000256. The average Bonchev–Trinajstić information content (AvgIpc) is 2.16. The van der Waals surface area contributed by atoms with E-state index in [1.54, 1.807) is 0 Å². The van der Waals surface area contributed by atoms with E-state index in [9.17, 15) is 9.36 Å². The minimum atomic E-state index is -3.93. The molecule has 1 unspecified atom stereocenters. The molecular formula is C8H18ClN2O5P. The molecule has 0 spiro atoms. The van der Waals surface area contributed by atoms with Crippen molar-refractivity contribution in [3.05, 3.63) is 0 Å². The molecule has 17 heavy (non-hydrogen) atoms. The monoisotopic (exact) mass is 288 g/mol. The second-order valence-electron chi connectivity index (χ2n) is 3.89. The van der Waals surface area contributed by atoms with Crippen LogP contribution in [0.5, 0.6) is 0 Å². The number of aliphatic carboxylic acids is 1. The summed E-state index contributed by atoms with van der Waals surface area (Å²) in [5.41, 5.74) is 0. The van der Waals surface area contributed by atoms with E-state index in [-0.39, 0.29) is 18.6 Å². The fourth-order valence-electron chi connectivity index (χ4n) is 1.68. The van der Waals surface area contributed by atoms with Gasteiger partial charge in [-0.15, -0.1) is 12.4 Å². The number of piperazine rings is 1. The van der Waals surface area contributed by atoms with E-state index in [2.05, 4.69) is 5.32 Å². The second kappa shape index (κ2) is 7.31.